The first kappa shape index (κ1) is 22.3. The van der Waals surface area contributed by atoms with Crippen LogP contribution in [0.2, 0.25) is 0 Å². The molecule has 0 bridgehead atoms. The van der Waals surface area contributed by atoms with Crippen LogP contribution in [-0.4, -0.2) is 25.7 Å². The molecule has 1 amide bonds. The van der Waals surface area contributed by atoms with Crippen molar-refractivity contribution in [3.63, 3.8) is 0 Å². The maximum Gasteiger partial charge on any atom is 0.256 e. The van der Waals surface area contributed by atoms with E-state index in [1.165, 1.54) is 11.1 Å². The maximum absolute atomic E-state index is 13.0. The highest BCUT2D eigenvalue weighted by Crippen LogP contribution is 2.29. The summed E-state index contributed by atoms with van der Waals surface area (Å²) in [7, 11) is 0. The van der Waals surface area contributed by atoms with Crippen molar-refractivity contribution in [2.24, 2.45) is 5.92 Å². The van der Waals surface area contributed by atoms with Crippen LogP contribution in [0.15, 0.2) is 58.7 Å². The van der Waals surface area contributed by atoms with Crippen molar-refractivity contribution in [2.45, 2.75) is 45.4 Å². The van der Waals surface area contributed by atoms with E-state index in [2.05, 4.69) is 15.3 Å². The molecule has 2 N–H and O–H groups in total. The second-order valence-electron chi connectivity index (χ2n) is 8.74. The number of aromatic nitrogens is 4. The first-order valence-corrected chi connectivity index (χ1v) is 12.6. The predicted octanol–water partition coefficient (Wildman–Crippen LogP) is 5.10. The van der Waals surface area contributed by atoms with Gasteiger partial charge in [0.25, 0.3) is 5.56 Å². The number of aryl methyl sites for hydroxylation is 1. The largest absolute Gasteiger partial charge is 0.310 e. The maximum atomic E-state index is 13.0. The molecule has 0 radical (unpaired) electrons. The lowest BCUT2D eigenvalue weighted by atomic mass is 9.89. The Balaban J connectivity index is 1.50. The zero-order valence-electron chi connectivity index (χ0n) is 19.1. The zero-order valence-corrected chi connectivity index (χ0v) is 19.9. The minimum absolute atomic E-state index is 0.00153. The smallest absolute Gasteiger partial charge is 0.256 e. The fourth-order valence-corrected chi connectivity index (χ4v) is 5.15. The average molecular weight is 474 g/mol. The number of hydrogen-bond donors (Lipinski definition) is 2. The molecule has 7 nitrogen and oxygen atoms in total. The third-order valence-corrected chi connectivity index (χ3v) is 7.24. The fourth-order valence-electron chi connectivity index (χ4n) is 4.47. The number of hydrogen-bond acceptors (Lipinski definition) is 5. The normalized spacial score (nSPS) is 14.3. The van der Waals surface area contributed by atoms with Crippen LogP contribution in [0.1, 0.15) is 48.9 Å². The van der Waals surface area contributed by atoms with Gasteiger partial charge in [-0.3, -0.25) is 14.6 Å². The first-order valence-electron chi connectivity index (χ1n) is 11.7. The van der Waals surface area contributed by atoms with Crippen molar-refractivity contribution >= 4 is 23.1 Å². The third kappa shape index (κ3) is 4.72. The van der Waals surface area contributed by atoms with E-state index in [0.29, 0.717) is 29.4 Å². The van der Waals surface area contributed by atoms with E-state index in [9.17, 15) is 9.59 Å². The number of benzene rings is 1. The van der Waals surface area contributed by atoms with Gasteiger partial charge in [0.15, 0.2) is 0 Å². The summed E-state index contributed by atoms with van der Waals surface area (Å²) in [6.07, 6.45) is 5.65. The number of thiophene rings is 1. The lowest BCUT2D eigenvalue weighted by Crippen LogP contribution is -2.27. The fraction of sp³-hybridized carbons (Fsp3) is 0.308. The molecule has 8 heteroatoms. The molecule has 0 unspecified atom stereocenters. The molecule has 1 aromatic carbocycles. The summed E-state index contributed by atoms with van der Waals surface area (Å²) in [4.78, 5) is 34.6. The lowest BCUT2D eigenvalue weighted by Gasteiger charge is -2.20. The van der Waals surface area contributed by atoms with Gasteiger partial charge in [-0.15, -0.1) is 11.3 Å². The summed E-state index contributed by atoms with van der Waals surface area (Å²) >= 11 is 1.57. The summed E-state index contributed by atoms with van der Waals surface area (Å²) in [6.45, 7) is 1.83. The number of anilines is 1. The van der Waals surface area contributed by atoms with Gasteiger partial charge in [0, 0.05) is 24.0 Å². The van der Waals surface area contributed by atoms with Gasteiger partial charge in [-0.2, -0.15) is 9.78 Å². The van der Waals surface area contributed by atoms with Gasteiger partial charge in [-0.25, -0.2) is 4.98 Å². The number of rotatable bonds is 6. The van der Waals surface area contributed by atoms with Gasteiger partial charge in [-0.05, 0) is 36.8 Å². The molecule has 0 atom stereocenters. The van der Waals surface area contributed by atoms with E-state index in [-0.39, 0.29) is 17.4 Å². The number of aromatic amines is 1. The molecule has 1 saturated carbocycles. The van der Waals surface area contributed by atoms with E-state index in [4.69, 9.17) is 5.10 Å². The number of amides is 1. The average Bonchev–Trinajstić information content (AvgIpc) is 3.53. The number of carbonyl (C=O) groups excluding carboxylic acids is 1. The monoisotopic (exact) mass is 473 g/mol. The molecule has 1 aliphatic carbocycles. The van der Waals surface area contributed by atoms with Crippen LogP contribution in [-0.2, 0) is 11.2 Å². The quantitative estimate of drug-likeness (QED) is 0.407. The minimum atomic E-state index is -0.205. The standard InChI is InChI=1S/C26H27N5O2S/c1-17-20(15-18-9-4-2-5-10-18)25(33)29-26(27-17)31-23(16-21(30-31)22-13-8-14-34-22)28-24(32)19-11-6-3-7-12-19/h2,4-5,8-10,13-14,16,19H,3,6-7,11-12,15H2,1H3,(H,28,32)(H,27,29,33). The Morgan fingerprint density at radius 2 is 1.94 bits per heavy atom. The van der Waals surface area contributed by atoms with Gasteiger partial charge in [0.2, 0.25) is 11.9 Å². The number of carbonyl (C=O) groups is 1. The van der Waals surface area contributed by atoms with E-state index < -0.39 is 0 Å². The predicted molar refractivity (Wildman–Crippen MR) is 134 cm³/mol. The summed E-state index contributed by atoms with van der Waals surface area (Å²) in [6, 6.07) is 15.6. The van der Waals surface area contributed by atoms with E-state index in [1.807, 2.05) is 60.8 Å². The molecule has 0 spiro atoms. The second-order valence-corrected chi connectivity index (χ2v) is 9.69. The van der Waals surface area contributed by atoms with Gasteiger partial charge in [0.1, 0.15) is 11.5 Å². The Kier molecular flexibility index (Phi) is 6.40. The van der Waals surface area contributed by atoms with Gasteiger partial charge in [-0.1, -0.05) is 55.7 Å². The van der Waals surface area contributed by atoms with Crippen LogP contribution >= 0.6 is 11.3 Å². The van der Waals surface area contributed by atoms with Crippen molar-refractivity contribution < 1.29 is 4.79 Å². The molecule has 3 aromatic heterocycles. The molecular weight excluding hydrogens is 446 g/mol. The highest BCUT2D eigenvalue weighted by atomic mass is 32.1. The molecule has 0 saturated heterocycles. The van der Waals surface area contributed by atoms with Gasteiger partial charge >= 0.3 is 0 Å². The summed E-state index contributed by atoms with van der Waals surface area (Å²) < 4.78 is 1.54. The Labute approximate surface area is 201 Å². The molecule has 3 heterocycles. The second kappa shape index (κ2) is 9.77. The Morgan fingerprint density at radius 3 is 2.65 bits per heavy atom. The van der Waals surface area contributed by atoms with Crippen molar-refractivity contribution in [1.29, 1.82) is 0 Å². The third-order valence-electron chi connectivity index (χ3n) is 6.34. The van der Waals surface area contributed by atoms with Crippen LogP contribution in [0.25, 0.3) is 16.5 Å². The SMILES string of the molecule is Cc1nc(-n2nc(-c3cccs3)cc2NC(=O)C2CCCCC2)[nH]c(=O)c1Cc1ccccc1. The highest BCUT2D eigenvalue weighted by Gasteiger charge is 2.24. The number of nitrogens with zero attached hydrogens (tertiary/aromatic N) is 3. The highest BCUT2D eigenvalue weighted by molar-refractivity contribution is 7.13. The Morgan fingerprint density at radius 1 is 1.15 bits per heavy atom. The molecule has 1 fully saturated rings. The first-order chi connectivity index (χ1) is 16.6. The lowest BCUT2D eigenvalue weighted by molar-refractivity contribution is -0.120. The van der Waals surface area contributed by atoms with Crippen LogP contribution in [0.4, 0.5) is 5.82 Å². The Bertz CT molecular complexity index is 1340. The summed E-state index contributed by atoms with van der Waals surface area (Å²) in [5.41, 5.74) is 2.82. The summed E-state index contributed by atoms with van der Waals surface area (Å²) in [5.74, 6) is 0.807. The molecule has 174 valence electrons. The van der Waals surface area contributed by atoms with Crippen molar-refractivity contribution in [1.82, 2.24) is 19.7 Å². The molecule has 5 rings (SSSR count). The molecule has 1 aliphatic rings. The van der Waals surface area contributed by atoms with Gasteiger partial charge < -0.3 is 5.32 Å². The minimum Gasteiger partial charge on any atom is -0.310 e. The van der Waals surface area contributed by atoms with E-state index in [0.717, 1.165) is 41.8 Å². The van der Waals surface area contributed by atoms with Crippen molar-refractivity contribution in [3.8, 4) is 16.5 Å². The van der Waals surface area contributed by atoms with Crippen LogP contribution in [0.3, 0.4) is 0 Å². The van der Waals surface area contributed by atoms with Crippen LogP contribution in [0.5, 0.6) is 0 Å². The van der Waals surface area contributed by atoms with Crippen molar-refractivity contribution in [3.05, 3.63) is 81.1 Å². The molecule has 4 aromatic rings. The van der Waals surface area contributed by atoms with Gasteiger partial charge in [0.05, 0.1) is 10.6 Å². The van der Waals surface area contributed by atoms with Crippen molar-refractivity contribution in [2.75, 3.05) is 5.32 Å². The molecule has 34 heavy (non-hydrogen) atoms. The molecular formula is C26H27N5O2S. The van der Waals surface area contributed by atoms with Crippen LogP contribution < -0.4 is 10.9 Å². The topological polar surface area (TPSA) is 92.7 Å². The van der Waals surface area contributed by atoms with E-state index in [1.54, 1.807) is 11.3 Å². The van der Waals surface area contributed by atoms with Crippen LogP contribution in [0, 0.1) is 12.8 Å². The summed E-state index contributed by atoms with van der Waals surface area (Å²) in [5, 5.41) is 9.74. The Hall–Kier alpha value is -3.52. The molecule has 0 aliphatic heterocycles. The zero-order chi connectivity index (χ0) is 23.5. The van der Waals surface area contributed by atoms with E-state index >= 15 is 0 Å². The number of nitrogens with one attached hydrogen (secondary N) is 2. The number of H-pyrrole nitrogens is 1.